The molecule has 7 nitrogen and oxygen atoms in total. The van der Waals surface area contributed by atoms with Crippen molar-refractivity contribution in [1.29, 1.82) is 0 Å². The SMILES string of the molecule is C#CC(C)(C)Oc1nc(NCCC)ncc1[N+](=O)[O-]. The Morgan fingerprint density at radius 3 is 2.84 bits per heavy atom. The highest BCUT2D eigenvalue weighted by atomic mass is 16.6. The van der Waals surface area contributed by atoms with Crippen LogP contribution in [-0.4, -0.2) is 27.0 Å². The Balaban J connectivity index is 3.09. The summed E-state index contributed by atoms with van der Waals surface area (Å²) < 4.78 is 5.40. The third-order valence-corrected chi connectivity index (χ3v) is 2.16. The van der Waals surface area contributed by atoms with E-state index in [1.807, 2.05) is 6.92 Å². The minimum Gasteiger partial charge on any atom is -0.453 e. The molecule has 0 radical (unpaired) electrons. The van der Waals surface area contributed by atoms with E-state index in [-0.39, 0.29) is 17.5 Å². The second kappa shape index (κ2) is 6.00. The minimum atomic E-state index is -0.985. The highest BCUT2D eigenvalue weighted by Crippen LogP contribution is 2.27. The van der Waals surface area contributed by atoms with Crippen LogP contribution in [0.4, 0.5) is 11.6 Å². The molecule has 0 amide bonds. The van der Waals surface area contributed by atoms with Gasteiger partial charge in [-0.1, -0.05) is 12.8 Å². The number of hydrogen-bond acceptors (Lipinski definition) is 6. The van der Waals surface area contributed by atoms with Gasteiger partial charge in [-0.05, 0) is 20.3 Å². The molecule has 19 heavy (non-hydrogen) atoms. The summed E-state index contributed by atoms with van der Waals surface area (Å²) in [4.78, 5) is 18.1. The summed E-state index contributed by atoms with van der Waals surface area (Å²) in [6.45, 7) is 5.89. The quantitative estimate of drug-likeness (QED) is 0.480. The average Bonchev–Trinajstić information content (AvgIpc) is 2.35. The van der Waals surface area contributed by atoms with E-state index in [9.17, 15) is 10.1 Å². The molecule has 1 rings (SSSR count). The fourth-order valence-electron chi connectivity index (χ4n) is 1.15. The monoisotopic (exact) mass is 264 g/mol. The Hall–Kier alpha value is -2.36. The van der Waals surface area contributed by atoms with Gasteiger partial charge < -0.3 is 10.1 Å². The zero-order valence-electron chi connectivity index (χ0n) is 11.1. The zero-order valence-corrected chi connectivity index (χ0v) is 11.1. The summed E-state index contributed by atoms with van der Waals surface area (Å²) in [5, 5.41) is 13.8. The van der Waals surface area contributed by atoms with Gasteiger partial charge in [0.25, 0.3) is 0 Å². The molecule has 0 spiro atoms. The van der Waals surface area contributed by atoms with E-state index in [1.54, 1.807) is 13.8 Å². The molecule has 0 aliphatic rings. The van der Waals surface area contributed by atoms with Crippen LogP contribution in [0.2, 0.25) is 0 Å². The first kappa shape index (κ1) is 14.7. The lowest BCUT2D eigenvalue weighted by atomic mass is 10.1. The highest BCUT2D eigenvalue weighted by molar-refractivity contribution is 5.43. The standard InChI is InChI=1S/C12H16N4O3/c1-5-7-13-11-14-8-9(16(17)18)10(15-11)19-12(3,4)6-2/h2,8H,5,7H2,1,3-4H3,(H,13,14,15). The lowest BCUT2D eigenvalue weighted by molar-refractivity contribution is -0.386. The predicted octanol–water partition coefficient (Wildman–Crippen LogP) is 2.00. The van der Waals surface area contributed by atoms with E-state index in [2.05, 4.69) is 21.2 Å². The number of nitrogens with zero attached hydrogens (tertiary/aromatic N) is 3. The van der Waals surface area contributed by atoms with Gasteiger partial charge in [-0.2, -0.15) is 4.98 Å². The van der Waals surface area contributed by atoms with Gasteiger partial charge in [0.2, 0.25) is 5.95 Å². The Morgan fingerprint density at radius 1 is 1.63 bits per heavy atom. The Kier molecular flexibility index (Phi) is 4.64. The molecular formula is C12H16N4O3. The number of nitrogens with one attached hydrogen (secondary N) is 1. The summed E-state index contributed by atoms with van der Waals surface area (Å²) in [6.07, 6.45) is 7.28. The number of anilines is 1. The molecule has 0 aromatic carbocycles. The maximum atomic E-state index is 10.9. The highest BCUT2D eigenvalue weighted by Gasteiger charge is 2.25. The zero-order chi connectivity index (χ0) is 14.5. The molecule has 0 atom stereocenters. The van der Waals surface area contributed by atoms with E-state index in [0.29, 0.717) is 6.54 Å². The van der Waals surface area contributed by atoms with E-state index in [4.69, 9.17) is 11.2 Å². The van der Waals surface area contributed by atoms with Crippen molar-refractivity contribution in [2.45, 2.75) is 32.8 Å². The van der Waals surface area contributed by atoms with Crippen LogP contribution in [-0.2, 0) is 0 Å². The van der Waals surface area contributed by atoms with Gasteiger partial charge >= 0.3 is 11.6 Å². The number of nitro groups is 1. The van der Waals surface area contributed by atoms with Crippen LogP contribution in [0.5, 0.6) is 5.88 Å². The summed E-state index contributed by atoms with van der Waals surface area (Å²) in [7, 11) is 0. The van der Waals surface area contributed by atoms with Crippen molar-refractivity contribution in [3.05, 3.63) is 16.3 Å². The van der Waals surface area contributed by atoms with Gasteiger partial charge in [-0.15, -0.1) is 6.42 Å². The van der Waals surface area contributed by atoms with Gasteiger partial charge in [-0.25, -0.2) is 4.98 Å². The predicted molar refractivity (Wildman–Crippen MR) is 71.0 cm³/mol. The normalized spacial score (nSPS) is 10.6. The second-order valence-electron chi connectivity index (χ2n) is 4.32. The number of rotatable bonds is 6. The van der Waals surface area contributed by atoms with Crippen molar-refractivity contribution < 1.29 is 9.66 Å². The van der Waals surface area contributed by atoms with Crippen LogP contribution in [0.25, 0.3) is 0 Å². The summed E-state index contributed by atoms with van der Waals surface area (Å²) in [5.74, 6) is 2.53. The number of hydrogen-bond donors (Lipinski definition) is 1. The first-order valence-corrected chi connectivity index (χ1v) is 5.81. The Labute approximate surface area is 111 Å². The number of aromatic nitrogens is 2. The minimum absolute atomic E-state index is 0.137. The first-order chi connectivity index (χ1) is 8.89. The first-order valence-electron chi connectivity index (χ1n) is 5.81. The van der Waals surface area contributed by atoms with Crippen LogP contribution in [0.3, 0.4) is 0 Å². The fourth-order valence-corrected chi connectivity index (χ4v) is 1.15. The molecule has 7 heteroatoms. The fraction of sp³-hybridized carbons (Fsp3) is 0.500. The van der Waals surface area contributed by atoms with Crippen molar-refractivity contribution >= 4 is 11.6 Å². The molecule has 0 bridgehead atoms. The molecule has 0 fully saturated rings. The average molecular weight is 264 g/mol. The van der Waals surface area contributed by atoms with E-state index >= 15 is 0 Å². The van der Waals surface area contributed by atoms with E-state index < -0.39 is 10.5 Å². The number of terminal acetylenes is 1. The molecular weight excluding hydrogens is 248 g/mol. The van der Waals surface area contributed by atoms with Crippen LogP contribution in [0.15, 0.2) is 6.20 Å². The largest absolute Gasteiger partial charge is 0.453 e. The number of ether oxygens (including phenoxy) is 1. The summed E-state index contributed by atoms with van der Waals surface area (Å²) in [5.41, 5.74) is -1.30. The molecule has 1 heterocycles. The van der Waals surface area contributed by atoms with Crippen molar-refractivity contribution in [3.63, 3.8) is 0 Å². The van der Waals surface area contributed by atoms with Crippen LogP contribution in [0.1, 0.15) is 27.2 Å². The van der Waals surface area contributed by atoms with Gasteiger partial charge in [-0.3, -0.25) is 10.1 Å². The van der Waals surface area contributed by atoms with Gasteiger partial charge in [0.15, 0.2) is 5.60 Å². The van der Waals surface area contributed by atoms with Crippen molar-refractivity contribution in [1.82, 2.24) is 9.97 Å². The smallest absolute Gasteiger partial charge is 0.349 e. The Bertz CT molecular complexity index is 508. The molecule has 1 N–H and O–H groups in total. The third-order valence-electron chi connectivity index (χ3n) is 2.16. The van der Waals surface area contributed by atoms with Gasteiger partial charge in [0.05, 0.1) is 4.92 Å². The van der Waals surface area contributed by atoms with Gasteiger partial charge in [0, 0.05) is 6.54 Å². The van der Waals surface area contributed by atoms with E-state index in [1.165, 1.54) is 0 Å². The van der Waals surface area contributed by atoms with Crippen molar-refractivity contribution in [2.75, 3.05) is 11.9 Å². The summed E-state index contributed by atoms with van der Waals surface area (Å²) in [6, 6.07) is 0. The molecule has 1 aromatic heterocycles. The van der Waals surface area contributed by atoms with Crippen molar-refractivity contribution in [3.8, 4) is 18.2 Å². The molecule has 0 saturated heterocycles. The lowest BCUT2D eigenvalue weighted by Crippen LogP contribution is -2.26. The molecule has 0 aliphatic carbocycles. The maximum absolute atomic E-state index is 10.9. The topological polar surface area (TPSA) is 90.2 Å². The van der Waals surface area contributed by atoms with Gasteiger partial charge in [0.1, 0.15) is 6.20 Å². The molecule has 0 aliphatic heterocycles. The van der Waals surface area contributed by atoms with Crippen molar-refractivity contribution in [2.24, 2.45) is 0 Å². The van der Waals surface area contributed by atoms with Crippen LogP contribution in [0, 0.1) is 22.5 Å². The van der Waals surface area contributed by atoms with E-state index in [0.717, 1.165) is 12.6 Å². The molecule has 0 unspecified atom stereocenters. The molecule has 102 valence electrons. The third kappa shape index (κ3) is 4.10. The summed E-state index contributed by atoms with van der Waals surface area (Å²) >= 11 is 0. The molecule has 0 saturated carbocycles. The van der Waals surface area contributed by atoms with Crippen LogP contribution < -0.4 is 10.1 Å². The maximum Gasteiger partial charge on any atom is 0.349 e. The Morgan fingerprint density at radius 2 is 2.32 bits per heavy atom. The lowest BCUT2D eigenvalue weighted by Gasteiger charge is -2.19. The second-order valence-corrected chi connectivity index (χ2v) is 4.32. The molecule has 1 aromatic rings. The van der Waals surface area contributed by atoms with Crippen LogP contribution >= 0.6 is 0 Å².